The van der Waals surface area contributed by atoms with Crippen LogP contribution in [0.25, 0.3) is 0 Å². The molecule has 1 aromatic rings. The van der Waals surface area contributed by atoms with E-state index < -0.39 is 30.4 Å². The largest absolute Gasteiger partial charge is 0.481 e. The number of carbonyl (C=O) groups excluding carboxylic acids is 1. The third-order valence-electron chi connectivity index (χ3n) is 2.88. The number of hydrogen-bond acceptors (Lipinski definition) is 4. The van der Waals surface area contributed by atoms with Crippen LogP contribution in [0.4, 0.5) is 4.79 Å². The fourth-order valence-electron chi connectivity index (χ4n) is 1.93. The van der Waals surface area contributed by atoms with Crippen molar-refractivity contribution >= 4 is 29.3 Å². The van der Waals surface area contributed by atoms with Crippen molar-refractivity contribution in [1.29, 1.82) is 0 Å². The minimum absolute atomic E-state index is 0.297. The summed E-state index contributed by atoms with van der Waals surface area (Å²) in [5.74, 6) is -2.68. The molecule has 7 nitrogen and oxygen atoms in total. The van der Waals surface area contributed by atoms with Crippen molar-refractivity contribution in [3.05, 3.63) is 21.4 Å². The number of hydrogen-bond donors (Lipinski definition) is 4. The number of urea groups is 1. The van der Waals surface area contributed by atoms with Gasteiger partial charge in [0.05, 0.1) is 12.5 Å². The first-order chi connectivity index (χ1) is 9.70. The second-order valence-electron chi connectivity index (χ2n) is 4.70. The molecule has 4 N–H and O–H groups in total. The Kier molecular flexibility index (Phi) is 5.71. The van der Waals surface area contributed by atoms with E-state index in [1.807, 2.05) is 19.9 Å². The third kappa shape index (κ3) is 5.07. The Balaban J connectivity index is 2.65. The number of aryl methyl sites for hydroxylation is 2. The van der Waals surface area contributed by atoms with Crippen LogP contribution >= 0.6 is 11.3 Å². The van der Waals surface area contributed by atoms with Crippen LogP contribution < -0.4 is 10.6 Å². The maximum absolute atomic E-state index is 11.8. The Morgan fingerprint density at radius 2 is 1.86 bits per heavy atom. The Morgan fingerprint density at radius 3 is 2.29 bits per heavy atom. The molecule has 0 saturated carbocycles. The molecule has 1 aromatic heterocycles. The maximum atomic E-state index is 11.8. The predicted molar refractivity (Wildman–Crippen MR) is 77.6 cm³/mol. The first kappa shape index (κ1) is 17.0. The molecular formula is C13H18N2O5S. The first-order valence-electron chi connectivity index (χ1n) is 6.29. The van der Waals surface area contributed by atoms with Crippen LogP contribution in [0.2, 0.25) is 0 Å². The number of thiophene rings is 1. The number of aliphatic carboxylic acids is 2. The zero-order chi connectivity index (χ0) is 16.2. The quantitative estimate of drug-likeness (QED) is 0.637. The molecule has 1 unspecified atom stereocenters. The summed E-state index contributed by atoms with van der Waals surface area (Å²) in [6.07, 6.45) is -0.673. The Labute approximate surface area is 126 Å². The summed E-state index contributed by atoms with van der Waals surface area (Å²) in [6.45, 7) is 5.68. The van der Waals surface area contributed by atoms with E-state index in [2.05, 4.69) is 10.6 Å². The molecule has 0 saturated heterocycles. The van der Waals surface area contributed by atoms with E-state index in [0.717, 1.165) is 15.3 Å². The molecule has 1 heterocycles. The Hall–Kier alpha value is -2.09. The highest BCUT2D eigenvalue weighted by Gasteiger charge is 2.24. The molecule has 0 aliphatic heterocycles. The van der Waals surface area contributed by atoms with Crippen LogP contribution in [0, 0.1) is 13.8 Å². The summed E-state index contributed by atoms with van der Waals surface area (Å²) < 4.78 is 0. The number of rotatable bonds is 6. The minimum atomic E-state index is -1.46. The molecule has 0 aromatic carbocycles. The number of amides is 2. The molecule has 0 radical (unpaired) electrons. The predicted octanol–water partition coefficient (Wildman–Crippen LogP) is 1.65. The smallest absolute Gasteiger partial charge is 0.326 e. The van der Waals surface area contributed by atoms with Gasteiger partial charge in [0.15, 0.2) is 0 Å². The summed E-state index contributed by atoms with van der Waals surface area (Å²) in [7, 11) is 0. The van der Waals surface area contributed by atoms with Crippen molar-refractivity contribution < 1.29 is 24.6 Å². The van der Waals surface area contributed by atoms with Crippen molar-refractivity contribution in [2.75, 3.05) is 0 Å². The zero-order valence-electron chi connectivity index (χ0n) is 12.0. The highest BCUT2D eigenvalue weighted by molar-refractivity contribution is 7.12. The van der Waals surface area contributed by atoms with Crippen molar-refractivity contribution in [3.63, 3.8) is 0 Å². The van der Waals surface area contributed by atoms with Gasteiger partial charge in [0, 0.05) is 9.75 Å². The number of carbonyl (C=O) groups is 3. The van der Waals surface area contributed by atoms with Gasteiger partial charge in [-0.3, -0.25) is 4.79 Å². The second-order valence-corrected chi connectivity index (χ2v) is 6.16. The summed E-state index contributed by atoms with van der Waals surface area (Å²) in [5, 5.41) is 22.2. The maximum Gasteiger partial charge on any atom is 0.326 e. The molecule has 116 valence electrons. The molecular weight excluding hydrogens is 296 g/mol. The molecule has 0 bridgehead atoms. The van der Waals surface area contributed by atoms with E-state index in [1.54, 1.807) is 18.3 Å². The molecule has 2 amide bonds. The van der Waals surface area contributed by atoms with Gasteiger partial charge in [-0.1, -0.05) is 0 Å². The van der Waals surface area contributed by atoms with Crippen molar-refractivity contribution in [2.24, 2.45) is 0 Å². The molecule has 0 spiro atoms. The first-order valence-corrected chi connectivity index (χ1v) is 7.11. The summed E-state index contributed by atoms with van der Waals surface area (Å²) >= 11 is 1.61. The molecule has 0 fully saturated rings. The number of nitrogens with one attached hydrogen (secondary N) is 2. The molecule has 2 atom stereocenters. The lowest BCUT2D eigenvalue weighted by Gasteiger charge is -2.17. The van der Waals surface area contributed by atoms with Crippen LogP contribution in [0.3, 0.4) is 0 Å². The van der Waals surface area contributed by atoms with Gasteiger partial charge >= 0.3 is 18.0 Å². The fourth-order valence-corrected chi connectivity index (χ4v) is 2.95. The summed E-state index contributed by atoms with van der Waals surface area (Å²) in [6, 6.07) is -0.509. The third-order valence-corrected chi connectivity index (χ3v) is 3.86. The second kappa shape index (κ2) is 7.07. The van der Waals surface area contributed by atoms with E-state index in [0.29, 0.717) is 0 Å². The van der Waals surface area contributed by atoms with Gasteiger partial charge in [0.25, 0.3) is 0 Å². The highest BCUT2D eigenvalue weighted by atomic mass is 32.1. The Morgan fingerprint density at radius 1 is 1.24 bits per heavy atom. The lowest BCUT2D eigenvalue weighted by atomic mass is 10.1. The topological polar surface area (TPSA) is 116 Å². The highest BCUT2D eigenvalue weighted by Crippen LogP contribution is 2.25. The normalized spacial score (nSPS) is 13.3. The van der Waals surface area contributed by atoms with Crippen molar-refractivity contribution in [1.82, 2.24) is 10.6 Å². The van der Waals surface area contributed by atoms with Gasteiger partial charge in [-0.25, -0.2) is 9.59 Å². The van der Waals surface area contributed by atoms with Crippen LogP contribution in [0.1, 0.15) is 34.7 Å². The van der Waals surface area contributed by atoms with Gasteiger partial charge in [-0.2, -0.15) is 0 Å². The molecule has 0 aliphatic rings. The van der Waals surface area contributed by atoms with Gasteiger partial charge < -0.3 is 20.8 Å². The van der Waals surface area contributed by atoms with E-state index >= 15 is 0 Å². The van der Waals surface area contributed by atoms with E-state index in [-0.39, 0.29) is 6.04 Å². The lowest BCUT2D eigenvalue weighted by Crippen LogP contribution is -2.47. The lowest BCUT2D eigenvalue weighted by molar-refractivity contribution is -0.145. The van der Waals surface area contributed by atoms with Crippen molar-refractivity contribution in [2.45, 2.75) is 39.3 Å². The van der Waals surface area contributed by atoms with E-state index in [4.69, 9.17) is 10.2 Å². The summed E-state index contributed by atoms with van der Waals surface area (Å²) in [5.41, 5.74) is 0.956. The average molecular weight is 314 g/mol. The van der Waals surface area contributed by atoms with Crippen LogP contribution in [-0.2, 0) is 9.59 Å². The zero-order valence-corrected chi connectivity index (χ0v) is 12.8. The molecule has 0 aliphatic carbocycles. The van der Waals surface area contributed by atoms with E-state index in [9.17, 15) is 14.4 Å². The standard InChI is InChI=1S/C13H18N2O5S/c1-6-4-9(8(3)21-6)7(2)14-13(20)15-10(12(18)19)5-11(16)17/h4,7,10H,5H2,1-3H3,(H,16,17)(H,18,19)(H2,14,15,20)/t7?,10-/m0/s1. The number of carboxylic acid groups (broad SMARTS) is 2. The average Bonchev–Trinajstić information content (AvgIpc) is 2.66. The van der Waals surface area contributed by atoms with Crippen LogP contribution in [0.15, 0.2) is 6.07 Å². The minimum Gasteiger partial charge on any atom is -0.481 e. The van der Waals surface area contributed by atoms with Gasteiger partial charge in [0.1, 0.15) is 6.04 Å². The molecule has 21 heavy (non-hydrogen) atoms. The van der Waals surface area contributed by atoms with Gasteiger partial charge in [0.2, 0.25) is 0 Å². The van der Waals surface area contributed by atoms with Crippen LogP contribution in [0.5, 0.6) is 0 Å². The summed E-state index contributed by atoms with van der Waals surface area (Å²) in [4.78, 5) is 35.4. The monoisotopic (exact) mass is 314 g/mol. The van der Waals surface area contributed by atoms with Crippen LogP contribution in [-0.4, -0.2) is 34.2 Å². The fraction of sp³-hybridized carbons (Fsp3) is 0.462. The Bertz CT molecular complexity index is 555. The SMILES string of the molecule is Cc1cc(C(C)NC(=O)N[C@@H](CC(=O)O)C(=O)O)c(C)s1. The van der Waals surface area contributed by atoms with Crippen molar-refractivity contribution in [3.8, 4) is 0 Å². The van der Waals surface area contributed by atoms with Gasteiger partial charge in [-0.05, 0) is 32.4 Å². The van der Waals surface area contributed by atoms with E-state index in [1.165, 1.54) is 0 Å². The number of carboxylic acids is 2. The van der Waals surface area contributed by atoms with Gasteiger partial charge in [-0.15, -0.1) is 11.3 Å². The molecule has 8 heteroatoms. The molecule has 1 rings (SSSR count).